The molecule has 142 valence electrons. The van der Waals surface area contributed by atoms with Crippen molar-refractivity contribution in [3.63, 3.8) is 0 Å². The molecule has 0 unspecified atom stereocenters. The van der Waals surface area contributed by atoms with E-state index >= 15 is 0 Å². The number of hydrogen-bond acceptors (Lipinski definition) is 10. The fourth-order valence-electron chi connectivity index (χ4n) is 3.10. The Hall–Kier alpha value is -2.82. The van der Waals surface area contributed by atoms with Gasteiger partial charge in [-0.15, -0.1) is 22.7 Å². The van der Waals surface area contributed by atoms with Crippen LogP contribution < -0.4 is 16.4 Å². The Morgan fingerprint density at radius 1 is 1.07 bits per heavy atom. The molecular weight excluding hydrogens is 394 g/mol. The lowest BCUT2D eigenvalue weighted by molar-refractivity contribution is 0.122. The largest absolute Gasteiger partial charge is 0.384 e. The fourth-order valence-corrected chi connectivity index (χ4v) is 4.81. The summed E-state index contributed by atoms with van der Waals surface area (Å²) in [4.78, 5) is 21.5. The van der Waals surface area contributed by atoms with Crippen molar-refractivity contribution in [2.24, 2.45) is 0 Å². The van der Waals surface area contributed by atoms with Gasteiger partial charge in [-0.05, 0) is 18.2 Å². The summed E-state index contributed by atoms with van der Waals surface area (Å²) >= 11 is 3.07. The van der Waals surface area contributed by atoms with Crippen molar-refractivity contribution in [2.45, 2.75) is 0 Å². The third-order valence-corrected chi connectivity index (χ3v) is 6.30. The van der Waals surface area contributed by atoms with E-state index in [1.807, 2.05) is 17.5 Å². The van der Waals surface area contributed by atoms with Gasteiger partial charge in [-0.3, -0.25) is 0 Å². The number of hydrogen-bond donors (Lipinski definition) is 2. The van der Waals surface area contributed by atoms with Gasteiger partial charge in [0.05, 0.1) is 34.0 Å². The van der Waals surface area contributed by atoms with Gasteiger partial charge in [0.25, 0.3) is 0 Å². The van der Waals surface area contributed by atoms with E-state index in [0.29, 0.717) is 30.0 Å². The zero-order valence-corrected chi connectivity index (χ0v) is 16.5. The van der Waals surface area contributed by atoms with Crippen LogP contribution in [-0.2, 0) is 4.74 Å². The summed E-state index contributed by atoms with van der Waals surface area (Å²) in [6.45, 7) is 2.96. The predicted molar refractivity (Wildman–Crippen MR) is 114 cm³/mol. The Labute approximate surface area is 168 Å². The molecule has 0 saturated carbocycles. The number of nitrogens with zero attached hydrogens (tertiary/aromatic N) is 5. The van der Waals surface area contributed by atoms with Crippen LogP contribution in [0.1, 0.15) is 0 Å². The monoisotopic (exact) mass is 411 g/mol. The molecule has 1 fully saturated rings. The Bertz CT molecular complexity index is 1130. The van der Waals surface area contributed by atoms with Gasteiger partial charge in [0.15, 0.2) is 16.8 Å². The number of fused-ring (bicyclic) bond motifs is 1. The number of nitrogen functional groups attached to an aromatic ring is 2. The summed E-state index contributed by atoms with van der Waals surface area (Å²) in [5.74, 6) is 2.01. The number of ether oxygens (including phenoxy) is 1. The SMILES string of the molecule is Nc1ccc(-c2nc(N3CCOCC3)c3sc(-c4csc(N)n4)cc3n2)cn1. The van der Waals surface area contributed by atoms with E-state index in [4.69, 9.17) is 26.2 Å². The highest BCUT2D eigenvalue weighted by Crippen LogP contribution is 2.39. The van der Waals surface area contributed by atoms with E-state index in [9.17, 15) is 0 Å². The second-order valence-corrected chi connectivity index (χ2v) is 8.28. The van der Waals surface area contributed by atoms with Gasteiger partial charge < -0.3 is 21.1 Å². The molecule has 8 nitrogen and oxygen atoms in total. The van der Waals surface area contributed by atoms with Crippen LogP contribution in [0.3, 0.4) is 0 Å². The second kappa shape index (κ2) is 6.97. The first-order valence-electron chi connectivity index (χ1n) is 8.75. The molecule has 0 bridgehead atoms. The molecule has 5 heterocycles. The predicted octanol–water partition coefficient (Wildman–Crippen LogP) is 2.88. The van der Waals surface area contributed by atoms with Crippen LogP contribution in [0.5, 0.6) is 0 Å². The minimum absolute atomic E-state index is 0.470. The van der Waals surface area contributed by atoms with Crippen molar-refractivity contribution in [3.05, 3.63) is 29.8 Å². The molecule has 4 aromatic rings. The summed E-state index contributed by atoms with van der Waals surface area (Å²) in [5, 5.41) is 2.52. The van der Waals surface area contributed by atoms with Crippen LogP contribution >= 0.6 is 22.7 Å². The van der Waals surface area contributed by atoms with Crippen LogP contribution in [0.25, 0.3) is 32.2 Å². The van der Waals surface area contributed by atoms with E-state index in [1.54, 1.807) is 23.6 Å². The Balaban J connectivity index is 1.68. The van der Waals surface area contributed by atoms with Crippen molar-refractivity contribution in [1.82, 2.24) is 19.9 Å². The molecule has 0 aliphatic carbocycles. The van der Waals surface area contributed by atoms with E-state index in [2.05, 4.69) is 14.9 Å². The molecular formula is C18H17N7OS2. The van der Waals surface area contributed by atoms with Gasteiger partial charge in [-0.2, -0.15) is 0 Å². The van der Waals surface area contributed by atoms with Gasteiger partial charge in [0.2, 0.25) is 0 Å². The topological polar surface area (TPSA) is 116 Å². The van der Waals surface area contributed by atoms with Crippen LogP contribution in [-0.4, -0.2) is 46.2 Å². The van der Waals surface area contributed by atoms with Gasteiger partial charge in [0.1, 0.15) is 5.82 Å². The number of anilines is 3. The zero-order chi connectivity index (χ0) is 19.1. The number of rotatable bonds is 3. The number of morpholine rings is 1. The van der Waals surface area contributed by atoms with Crippen molar-refractivity contribution in [3.8, 4) is 22.0 Å². The second-order valence-electron chi connectivity index (χ2n) is 6.34. The van der Waals surface area contributed by atoms with Crippen LogP contribution in [0.4, 0.5) is 16.8 Å². The summed E-state index contributed by atoms with van der Waals surface area (Å²) in [7, 11) is 0. The Morgan fingerprint density at radius 3 is 2.64 bits per heavy atom. The van der Waals surface area contributed by atoms with Gasteiger partial charge in [-0.1, -0.05) is 0 Å². The number of thiazole rings is 1. The molecule has 0 atom stereocenters. The summed E-state index contributed by atoms with van der Waals surface area (Å²) < 4.78 is 6.55. The molecule has 5 rings (SSSR count). The van der Waals surface area contributed by atoms with Crippen LogP contribution in [0, 0.1) is 0 Å². The van der Waals surface area contributed by atoms with Crippen LogP contribution in [0.15, 0.2) is 29.8 Å². The lowest BCUT2D eigenvalue weighted by Gasteiger charge is -2.28. The number of aromatic nitrogens is 4. The maximum absolute atomic E-state index is 5.81. The lowest BCUT2D eigenvalue weighted by atomic mass is 10.2. The molecule has 1 aliphatic rings. The average molecular weight is 412 g/mol. The molecule has 4 N–H and O–H groups in total. The highest BCUT2D eigenvalue weighted by atomic mass is 32.1. The quantitative estimate of drug-likeness (QED) is 0.529. The highest BCUT2D eigenvalue weighted by molar-refractivity contribution is 7.23. The third kappa shape index (κ3) is 3.15. The smallest absolute Gasteiger partial charge is 0.180 e. The third-order valence-electron chi connectivity index (χ3n) is 4.48. The van der Waals surface area contributed by atoms with E-state index in [-0.39, 0.29) is 0 Å². The molecule has 1 aliphatic heterocycles. The van der Waals surface area contributed by atoms with E-state index in [1.165, 1.54) is 11.3 Å². The highest BCUT2D eigenvalue weighted by Gasteiger charge is 2.21. The minimum atomic E-state index is 0.470. The van der Waals surface area contributed by atoms with E-state index in [0.717, 1.165) is 45.3 Å². The number of pyridine rings is 1. The maximum atomic E-state index is 5.81. The molecule has 10 heteroatoms. The normalized spacial score (nSPS) is 14.6. The first-order valence-corrected chi connectivity index (χ1v) is 10.4. The summed E-state index contributed by atoms with van der Waals surface area (Å²) in [6.07, 6.45) is 1.70. The van der Waals surface area contributed by atoms with Crippen molar-refractivity contribution in [1.29, 1.82) is 0 Å². The van der Waals surface area contributed by atoms with Gasteiger partial charge in [0, 0.05) is 30.2 Å². The number of nitrogens with two attached hydrogens (primary N) is 2. The van der Waals surface area contributed by atoms with E-state index < -0.39 is 0 Å². The first kappa shape index (κ1) is 17.3. The Kier molecular flexibility index (Phi) is 4.30. The molecule has 28 heavy (non-hydrogen) atoms. The summed E-state index contributed by atoms with van der Waals surface area (Å²) in [5.41, 5.74) is 14.1. The first-order chi connectivity index (χ1) is 13.7. The standard InChI is InChI=1S/C18H17N7OS2/c19-14-2-1-10(8-21-14)16-22-11-7-13(12-9-27-18(20)23-12)28-15(11)17(24-16)25-3-5-26-6-4-25/h1-2,7-9H,3-6H2,(H2,19,21)(H2,20,23). The molecule has 4 aromatic heterocycles. The maximum Gasteiger partial charge on any atom is 0.180 e. The molecule has 0 spiro atoms. The number of thiophene rings is 1. The summed E-state index contributed by atoms with van der Waals surface area (Å²) in [6, 6.07) is 5.70. The van der Waals surface area contributed by atoms with Gasteiger partial charge in [-0.25, -0.2) is 19.9 Å². The molecule has 0 amide bonds. The van der Waals surface area contributed by atoms with Crippen molar-refractivity contribution < 1.29 is 4.74 Å². The Morgan fingerprint density at radius 2 is 1.93 bits per heavy atom. The van der Waals surface area contributed by atoms with Gasteiger partial charge >= 0.3 is 0 Å². The molecule has 1 saturated heterocycles. The minimum Gasteiger partial charge on any atom is -0.384 e. The average Bonchev–Trinajstić information content (AvgIpc) is 3.34. The zero-order valence-electron chi connectivity index (χ0n) is 14.8. The molecule has 0 radical (unpaired) electrons. The van der Waals surface area contributed by atoms with Crippen molar-refractivity contribution >= 4 is 49.7 Å². The van der Waals surface area contributed by atoms with Crippen molar-refractivity contribution in [2.75, 3.05) is 42.7 Å². The lowest BCUT2D eigenvalue weighted by Crippen LogP contribution is -2.36. The molecule has 0 aromatic carbocycles. The van der Waals surface area contributed by atoms with Crippen LogP contribution in [0.2, 0.25) is 0 Å². The fraction of sp³-hybridized carbons (Fsp3) is 0.222.